The van der Waals surface area contributed by atoms with Crippen LogP contribution in [0.25, 0.3) is 0 Å². The standard InChI is InChI=1S/C17H15BrClN5/c1-10-8-11(19)6-7-13(10)23-16-15(20)17(22-9-21-16)24-14-5-3-2-4-12(14)18/h2-9H,20H2,1H3,(H2,21,22,23,24). The highest BCUT2D eigenvalue weighted by Gasteiger charge is 2.11. The van der Waals surface area contributed by atoms with Gasteiger partial charge in [-0.25, -0.2) is 9.97 Å². The van der Waals surface area contributed by atoms with E-state index in [2.05, 4.69) is 36.5 Å². The lowest BCUT2D eigenvalue weighted by atomic mass is 10.2. The van der Waals surface area contributed by atoms with Crippen LogP contribution in [0.4, 0.5) is 28.7 Å². The average Bonchev–Trinajstić information content (AvgIpc) is 2.55. The number of aryl methyl sites for hydroxylation is 1. The minimum atomic E-state index is 0.433. The maximum Gasteiger partial charge on any atom is 0.159 e. The monoisotopic (exact) mass is 403 g/mol. The van der Waals surface area contributed by atoms with Gasteiger partial charge in [0.2, 0.25) is 0 Å². The van der Waals surface area contributed by atoms with Crippen LogP contribution in [-0.4, -0.2) is 9.97 Å². The molecule has 1 aromatic heterocycles. The molecule has 0 amide bonds. The van der Waals surface area contributed by atoms with Gasteiger partial charge in [-0.05, 0) is 58.7 Å². The van der Waals surface area contributed by atoms with E-state index >= 15 is 0 Å². The Morgan fingerprint density at radius 3 is 2.33 bits per heavy atom. The molecule has 3 aromatic rings. The molecule has 0 saturated heterocycles. The van der Waals surface area contributed by atoms with Crippen molar-refractivity contribution in [3.63, 3.8) is 0 Å². The van der Waals surface area contributed by atoms with Crippen LogP contribution >= 0.6 is 27.5 Å². The Balaban J connectivity index is 1.89. The molecule has 0 radical (unpaired) electrons. The van der Waals surface area contributed by atoms with Crippen molar-refractivity contribution in [2.75, 3.05) is 16.4 Å². The van der Waals surface area contributed by atoms with E-state index in [4.69, 9.17) is 17.3 Å². The lowest BCUT2D eigenvalue weighted by Gasteiger charge is -2.14. The third-order valence-electron chi connectivity index (χ3n) is 3.45. The maximum atomic E-state index is 6.22. The second-order valence-corrected chi connectivity index (χ2v) is 6.46. The highest BCUT2D eigenvalue weighted by molar-refractivity contribution is 9.10. The van der Waals surface area contributed by atoms with E-state index in [1.165, 1.54) is 6.33 Å². The molecule has 0 unspecified atom stereocenters. The van der Waals surface area contributed by atoms with Crippen LogP contribution in [0.5, 0.6) is 0 Å². The number of nitrogen functional groups attached to an aromatic ring is 1. The molecule has 0 saturated carbocycles. The molecule has 24 heavy (non-hydrogen) atoms. The molecule has 0 aliphatic heterocycles. The molecule has 7 heteroatoms. The number of halogens is 2. The van der Waals surface area contributed by atoms with E-state index in [1.54, 1.807) is 0 Å². The van der Waals surface area contributed by atoms with Crippen LogP contribution in [0.15, 0.2) is 53.3 Å². The van der Waals surface area contributed by atoms with Crippen molar-refractivity contribution >= 4 is 56.2 Å². The predicted molar refractivity (Wildman–Crippen MR) is 103 cm³/mol. The number of nitrogens with two attached hydrogens (primary N) is 1. The summed E-state index contributed by atoms with van der Waals surface area (Å²) in [7, 11) is 0. The summed E-state index contributed by atoms with van der Waals surface area (Å²) < 4.78 is 0.922. The smallest absolute Gasteiger partial charge is 0.159 e. The summed E-state index contributed by atoms with van der Waals surface area (Å²) in [5.74, 6) is 1.07. The summed E-state index contributed by atoms with van der Waals surface area (Å²) in [5, 5.41) is 7.11. The normalized spacial score (nSPS) is 10.5. The van der Waals surface area contributed by atoms with Crippen LogP contribution in [0.1, 0.15) is 5.56 Å². The van der Waals surface area contributed by atoms with Crippen molar-refractivity contribution in [3.05, 3.63) is 63.9 Å². The first kappa shape index (κ1) is 16.5. The van der Waals surface area contributed by atoms with Gasteiger partial charge in [-0.2, -0.15) is 0 Å². The van der Waals surface area contributed by atoms with Crippen LogP contribution in [0.3, 0.4) is 0 Å². The number of hydrogen-bond acceptors (Lipinski definition) is 5. The first-order valence-corrected chi connectivity index (χ1v) is 8.37. The highest BCUT2D eigenvalue weighted by atomic mass is 79.9. The lowest BCUT2D eigenvalue weighted by Crippen LogP contribution is -2.06. The van der Waals surface area contributed by atoms with Crippen molar-refractivity contribution in [1.29, 1.82) is 0 Å². The molecule has 122 valence electrons. The number of aromatic nitrogens is 2. The summed E-state index contributed by atoms with van der Waals surface area (Å²) in [6.07, 6.45) is 1.46. The Morgan fingerprint density at radius 1 is 1.00 bits per heavy atom. The lowest BCUT2D eigenvalue weighted by molar-refractivity contribution is 1.17. The van der Waals surface area contributed by atoms with Gasteiger partial charge < -0.3 is 16.4 Å². The maximum absolute atomic E-state index is 6.22. The molecule has 0 bridgehead atoms. The zero-order valence-corrected chi connectivity index (χ0v) is 15.2. The first-order chi connectivity index (χ1) is 11.5. The number of para-hydroxylation sites is 1. The minimum Gasteiger partial charge on any atom is -0.393 e. The number of anilines is 5. The second kappa shape index (κ2) is 7.07. The van der Waals surface area contributed by atoms with E-state index in [-0.39, 0.29) is 0 Å². The molecule has 0 fully saturated rings. The fourth-order valence-electron chi connectivity index (χ4n) is 2.18. The van der Waals surface area contributed by atoms with Crippen LogP contribution < -0.4 is 16.4 Å². The zero-order chi connectivity index (χ0) is 17.1. The van der Waals surface area contributed by atoms with Gasteiger partial charge >= 0.3 is 0 Å². The molecular weight excluding hydrogens is 390 g/mol. The van der Waals surface area contributed by atoms with Crippen molar-refractivity contribution in [2.24, 2.45) is 0 Å². The van der Waals surface area contributed by atoms with Crippen LogP contribution in [0.2, 0.25) is 5.02 Å². The van der Waals surface area contributed by atoms with Gasteiger partial charge in [-0.3, -0.25) is 0 Å². The average molecular weight is 405 g/mol. The summed E-state index contributed by atoms with van der Waals surface area (Å²) in [5.41, 5.74) is 9.41. The number of nitrogens with zero attached hydrogens (tertiary/aromatic N) is 2. The van der Waals surface area contributed by atoms with E-state index in [9.17, 15) is 0 Å². The van der Waals surface area contributed by atoms with Crippen LogP contribution in [0, 0.1) is 6.92 Å². The summed E-state index contributed by atoms with van der Waals surface area (Å²) in [4.78, 5) is 8.45. The fourth-order valence-corrected chi connectivity index (χ4v) is 2.79. The van der Waals surface area contributed by atoms with Gasteiger partial charge in [0.1, 0.15) is 12.0 Å². The molecule has 4 N–H and O–H groups in total. The number of hydrogen-bond donors (Lipinski definition) is 3. The molecule has 0 spiro atoms. The van der Waals surface area contributed by atoms with Gasteiger partial charge in [-0.1, -0.05) is 23.7 Å². The van der Waals surface area contributed by atoms with E-state index in [0.717, 1.165) is 21.4 Å². The van der Waals surface area contributed by atoms with Gasteiger partial charge in [-0.15, -0.1) is 0 Å². The van der Waals surface area contributed by atoms with Gasteiger partial charge in [0, 0.05) is 15.2 Å². The molecule has 5 nitrogen and oxygen atoms in total. The van der Waals surface area contributed by atoms with Crippen molar-refractivity contribution < 1.29 is 0 Å². The summed E-state index contributed by atoms with van der Waals surface area (Å²) in [6.45, 7) is 1.96. The molecule has 0 aliphatic rings. The molecule has 2 aromatic carbocycles. The Hall–Kier alpha value is -2.31. The fraction of sp³-hybridized carbons (Fsp3) is 0.0588. The summed E-state index contributed by atoms with van der Waals surface area (Å²) >= 11 is 9.48. The Kier molecular flexibility index (Phi) is 4.87. The first-order valence-electron chi connectivity index (χ1n) is 7.20. The largest absolute Gasteiger partial charge is 0.393 e. The van der Waals surface area contributed by atoms with Gasteiger partial charge in [0.05, 0.1) is 5.69 Å². The van der Waals surface area contributed by atoms with E-state index < -0.39 is 0 Å². The highest BCUT2D eigenvalue weighted by Crippen LogP contribution is 2.31. The van der Waals surface area contributed by atoms with E-state index in [1.807, 2.05) is 49.4 Å². The Labute approximate surface area is 153 Å². The minimum absolute atomic E-state index is 0.433. The van der Waals surface area contributed by atoms with Crippen molar-refractivity contribution in [1.82, 2.24) is 9.97 Å². The number of nitrogens with one attached hydrogen (secondary N) is 2. The predicted octanol–water partition coefficient (Wildman–Crippen LogP) is 5.27. The van der Waals surface area contributed by atoms with Crippen molar-refractivity contribution in [2.45, 2.75) is 6.92 Å². The Bertz CT molecular complexity index is 885. The van der Waals surface area contributed by atoms with Crippen molar-refractivity contribution in [3.8, 4) is 0 Å². The Morgan fingerprint density at radius 2 is 1.67 bits per heavy atom. The topological polar surface area (TPSA) is 75.9 Å². The number of rotatable bonds is 4. The molecule has 1 heterocycles. The molecule has 0 atom stereocenters. The third-order valence-corrected chi connectivity index (χ3v) is 4.38. The van der Waals surface area contributed by atoms with Gasteiger partial charge in [0.15, 0.2) is 11.6 Å². The third kappa shape index (κ3) is 3.60. The second-order valence-electron chi connectivity index (χ2n) is 5.17. The molecule has 0 aliphatic carbocycles. The van der Waals surface area contributed by atoms with Gasteiger partial charge in [0.25, 0.3) is 0 Å². The number of benzene rings is 2. The molecule has 3 rings (SSSR count). The summed E-state index contributed by atoms with van der Waals surface area (Å²) in [6, 6.07) is 13.3. The van der Waals surface area contributed by atoms with Crippen LogP contribution in [-0.2, 0) is 0 Å². The molecular formula is C17H15BrClN5. The quantitative estimate of drug-likeness (QED) is 0.552. The SMILES string of the molecule is Cc1cc(Cl)ccc1Nc1ncnc(Nc2ccccc2Br)c1N. The van der Waals surface area contributed by atoms with E-state index in [0.29, 0.717) is 22.3 Å². The zero-order valence-electron chi connectivity index (χ0n) is 12.8.